The lowest BCUT2D eigenvalue weighted by atomic mass is 10.0. The van der Waals surface area contributed by atoms with Gasteiger partial charge in [0.2, 0.25) is 11.8 Å². The van der Waals surface area contributed by atoms with E-state index in [0.29, 0.717) is 12.0 Å². The fraction of sp³-hybridized carbons (Fsp3) is 0.391. The number of nitro benzene ring substituents is 1. The van der Waals surface area contributed by atoms with Crippen LogP contribution >= 0.6 is 0 Å². The first-order chi connectivity index (χ1) is 14.2. The van der Waals surface area contributed by atoms with Crippen molar-refractivity contribution in [3.8, 4) is 0 Å². The smallest absolute Gasteiger partial charge is 0.273 e. The zero-order chi connectivity index (χ0) is 22.3. The van der Waals surface area contributed by atoms with Gasteiger partial charge >= 0.3 is 0 Å². The highest BCUT2D eigenvalue weighted by Crippen LogP contribution is 2.21. The topological polar surface area (TPSA) is 92.6 Å². The van der Waals surface area contributed by atoms with Gasteiger partial charge in [0.1, 0.15) is 6.04 Å². The number of nitrogens with one attached hydrogen (secondary N) is 1. The van der Waals surface area contributed by atoms with Gasteiger partial charge < -0.3 is 10.2 Å². The molecule has 0 aromatic heterocycles. The summed E-state index contributed by atoms with van der Waals surface area (Å²) in [6.07, 6.45) is 0.293. The lowest BCUT2D eigenvalue weighted by molar-refractivity contribution is -0.385. The van der Waals surface area contributed by atoms with Gasteiger partial charge in [-0.2, -0.15) is 0 Å². The van der Waals surface area contributed by atoms with Crippen LogP contribution in [-0.2, 0) is 22.6 Å². The predicted molar refractivity (Wildman–Crippen MR) is 116 cm³/mol. The molecule has 0 bridgehead atoms. The third-order valence-electron chi connectivity index (χ3n) is 4.82. The van der Waals surface area contributed by atoms with Crippen LogP contribution in [0.2, 0.25) is 0 Å². The maximum atomic E-state index is 13.3. The Balaban J connectivity index is 2.36. The van der Waals surface area contributed by atoms with Crippen LogP contribution in [0, 0.1) is 17.0 Å². The number of benzene rings is 2. The van der Waals surface area contributed by atoms with Crippen molar-refractivity contribution in [2.75, 3.05) is 0 Å². The lowest BCUT2D eigenvalue weighted by Gasteiger charge is -2.31. The van der Waals surface area contributed by atoms with Crippen molar-refractivity contribution in [1.82, 2.24) is 10.2 Å². The number of amides is 2. The van der Waals surface area contributed by atoms with E-state index in [4.69, 9.17) is 0 Å². The molecule has 1 N–H and O–H groups in total. The van der Waals surface area contributed by atoms with Crippen molar-refractivity contribution in [3.63, 3.8) is 0 Å². The Kier molecular flexibility index (Phi) is 8.09. The highest BCUT2D eigenvalue weighted by Gasteiger charge is 2.30. The van der Waals surface area contributed by atoms with E-state index in [0.717, 1.165) is 11.1 Å². The molecular weight excluding hydrogens is 382 g/mol. The highest BCUT2D eigenvalue weighted by molar-refractivity contribution is 5.89. The average Bonchev–Trinajstić information content (AvgIpc) is 2.69. The predicted octanol–water partition coefficient (Wildman–Crippen LogP) is 3.78. The van der Waals surface area contributed by atoms with Crippen LogP contribution in [0.15, 0.2) is 48.5 Å². The van der Waals surface area contributed by atoms with Gasteiger partial charge in [0.25, 0.3) is 5.69 Å². The Morgan fingerprint density at radius 2 is 1.73 bits per heavy atom. The van der Waals surface area contributed by atoms with Crippen LogP contribution in [0.25, 0.3) is 0 Å². The first kappa shape index (κ1) is 23.1. The van der Waals surface area contributed by atoms with Gasteiger partial charge in [0.15, 0.2) is 0 Å². The van der Waals surface area contributed by atoms with Gasteiger partial charge in [-0.05, 0) is 32.8 Å². The first-order valence-corrected chi connectivity index (χ1v) is 10.1. The zero-order valence-corrected chi connectivity index (χ0v) is 17.9. The summed E-state index contributed by atoms with van der Waals surface area (Å²) in [6.45, 7) is 7.81. The maximum absolute atomic E-state index is 13.3. The van der Waals surface area contributed by atoms with Crippen molar-refractivity contribution in [1.29, 1.82) is 0 Å². The molecule has 0 aliphatic rings. The number of rotatable bonds is 9. The molecule has 7 nitrogen and oxygen atoms in total. The van der Waals surface area contributed by atoms with Crippen LogP contribution in [0.4, 0.5) is 5.69 Å². The largest absolute Gasteiger partial charge is 0.352 e. The summed E-state index contributed by atoms with van der Waals surface area (Å²) in [5.74, 6) is -0.550. The average molecular weight is 412 g/mol. The molecule has 0 radical (unpaired) electrons. The lowest BCUT2D eigenvalue weighted by Crippen LogP contribution is -2.50. The van der Waals surface area contributed by atoms with E-state index >= 15 is 0 Å². The van der Waals surface area contributed by atoms with Gasteiger partial charge in [-0.3, -0.25) is 19.7 Å². The minimum absolute atomic E-state index is 0.0573. The first-order valence-electron chi connectivity index (χ1n) is 10.1. The minimum Gasteiger partial charge on any atom is -0.352 e. The normalized spacial score (nSPS) is 11.8. The Morgan fingerprint density at radius 1 is 1.10 bits per heavy atom. The molecule has 2 amide bonds. The van der Waals surface area contributed by atoms with Crippen LogP contribution in [0.5, 0.6) is 0 Å². The molecule has 1 atom stereocenters. The van der Waals surface area contributed by atoms with Crippen LogP contribution in [0.1, 0.15) is 43.9 Å². The summed E-state index contributed by atoms with van der Waals surface area (Å²) in [5, 5.41) is 14.2. The van der Waals surface area contributed by atoms with Crippen molar-refractivity contribution >= 4 is 17.5 Å². The highest BCUT2D eigenvalue weighted by atomic mass is 16.6. The van der Waals surface area contributed by atoms with Crippen molar-refractivity contribution in [3.05, 3.63) is 75.3 Å². The van der Waals surface area contributed by atoms with E-state index in [1.54, 1.807) is 18.2 Å². The molecule has 0 aliphatic carbocycles. The van der Waals surface area contributed by atoms with Gasteiger partial charge in [0, 0.05) is 24.2 Å². The second-order valence-corrected chi connectivity index (χ2v) is 7.66. The Hall–Kier alpha value is -3.22. The molecule has 0 saturated carbocycles. The second-order valence-electron chi connectivity index (χ2n) is 7.66. The number of nitrogens with zero attached hydrogens (tertiary/aromatic N) is 2. The number of carbonyl (C=O) groups excluding carboxylic acids is 2. The van der Waals surface area contributed by atoms with Crippen LogP contribution < -0.4 is 5.32 Å². The number of nitro groups is 1. The number of hydrogen-bond donors (Lipinski definition) is 1. The number of para-hydroxylation sites is 1. The molecule has 0 unspecified atom stereocenters. The van der Waals surface area contributed by atoms with E-state index in [-0.39, 0.29) is 36.5 Å². The molecule has 0 spiro atoms. The van der Waals surface area contributed by atoms with E-state index in [1.165, 1.54) is 11.0 Å². The molecule has 160 valence electrons. The molecule has 7 heteroatoms. The van der Waals surface area contributed by atoms with E-state index < -0.39 is 11.0 Å². The van der Waals surface area contributed by atoms with Gasteiger partial charge in [-0.15, -0.1) is 0 Å². The molecule has 2 aromatic rings. The number of aryl methyl sites for hydroxylation is 1. The Morgan fingerprint density at radius 3 is 2.30 bits per heavy atom. The van der Waals surface area contributed by atoms with E-state index in [2.05, 4.69) is 5.32 Å². The van der Waals surface area contributed by atoms with Gasteiger partial charge in [-0.25, -0.2) is 0 Å². The van der Waals surface area contributed by atoms with Crippen molar-refractivity contribution < 1.29 is 14.5 Å². The summed E-state index contributed by atoms with van der Waals surface area (Å²) in [4.78, 5) is 38.4. The number of carbonyl (C=O) groups is 2. The summed E-state index contributed by atoms with van der Waals surface area (Å²) >= 11 is 0. The molecule has 30 heavy (non-hydrogen) atoms. The molecule has 0 saturated heterocycles. The molecular formula is C23H29N3O4. The fourth-order valence-corrected chi connectivity index (χ4v) is 3.29. The molecule has 0 aliphatic heterocycles. The Labute approximate surface area is 177 Å². The van der Waals surface area contributed by atoms with Gasteiger partial charge in [0.05, 0.1) is 11.3 Å². The quantitative estimate of drug-likeness (QED) is 0.502. The van der Waals surface area contributed by atoms with Crippen molar-refractivity contribution in [2.24, 2.45) is 0 Å². The standard InChI is InChI=1S/C23H29N3O4/c1-5-20(23(28)24-16(2)3)25(15-18-12-10-17(4)11-13-18)22(27)14-19-8-6-7-9-21(19)26(29)30/h6-13,16,20H,5,14-15H2,1-4H3,(H,24,28)/t20-/m0/s1. The van der Waals surface area contributed by atoms with Gasteiger partial charge in [-0.1, -0.05) is 55.0 Å². The number of hydrogen-bond acceptors (Lipinski definition) is 4. The minimum atomic E-state index is -0.663. The van der Waals surface area contributed by atoms with Crippen molar-refractivity contribution in [2.45, 2.75) is 59.2 Å². The summed E-state index contributed by atoms with van der Waals surface area (Å²) in [6, 6.07) is 13.2. The SMILES string of the molecule is CC[C@@H](C(=O)NC(C)C)N(Cc1ccc(C)cc1)C(=O)Cc1ccccc1[N+](=O)[O-]. The third-order valence-corrected chi connectivity index (χ3v) is 4.82. The molecule has 0 heterocycles. The van der Waals surface area contributed by atoms with Crippen LogP contribution in [0.3, 0.4) is 0 Å². The molecule has 2 rings (SSSR count). The van der Waals surface area contributed by atoms with E-state index in [1.807, 2.05) is 52.0 Å². The second kappa shape index (κ2) is 10.5. The maximum Gasteiger partial charge on any atom is 0.273 e. The monoisotopic (exact) mass is 411 g/mol. The summed E-state index contributed by atoms with van der Waals surface area (Å²) in [7, 11) is 0. The third kappa shape index (κ3) is 6.14. The zero-order valence-electron chi connectivity index (χ0n) is 17.9. The van der Waals surface area contributed by atoms with E-state index in [9.17, 15) is 19.7 Å². The molecule has 0 fully saturated rings. The summed E-state index contributed by atoms with van der Waals surface area (Å²) < 4.78 is 0. The molecule has 2 aromatic carbocycles. The Bertz CT molecular complexity index is 894. The fourth-order valence-electron chi connectivity index (χ4n) is 3.29. The van der Waals surface area contributed by atoms with Crippen LogP contribution in [-0.4, -0.2) is 33.7 Å². The summed E-state index contributed by atoms with van der Waals surface area (Å²) in [5.41, 5.74) is 2.23.